The van der Waals surface area contributed by atoms with Gasteiger partial charge in [0.05, 0.1) is 11.0 Å². The Morgan fingerprint density at radius 3 is 1.55 bits per heavy atom. The van der Waals surface area contributed by atoms with Gasteiger partial charge in [0, 0.05) is 33.5 Å². The van der Waals surface area contributed by atoms with Gasteiger partial charge in [-0.25, -0.2) is 0 Å². The van der Waals surface area contributed by atoms with Gasteiger partial charge in [0.15, 0.2) is 0 Å². The molecule has 1 aromatic heterocycles. The van der Waals surface area contributed by atoms with Crippen LogP contribution in [0.3, 0.4) is 0 Å². The molecule has 0 saturated heterocycles. The standard InChI is InChI=1S/C64H42N2/c1-3-18-46(19-4-1)63-59-27-12-11-25-55(59)56-38-36-51(41-60(56)64(63)47-20-5-2-6-21-47)65(49-33-31-45(32-34-49)54-28-15-23-44-17-9-10-24-53(44)54)52-37-39-58-57-26-13-14-29-61(57)66(62(58)42-52)50-35-30-43-16-7-8-22-48(43)40-50/h1-42H. The zero-order valence-electron chi connectivity index (χ0n) is 36.1. The van der Waals surface area contributed by atoms with Crippen molar-refractivity contribution in [3.8, 4) is 39.1 Å². The fourth-order valence-corrected chi connectivity index (χ4v) is 10.5. The highest BCUT2D eigenvalue weighted by Crippen LogP contribution is 2.48. The van der Waals surface area contributed by atoms with Gasteiger partial charge in [0.1, 0.15) is 0 Å². The fraction of sp³-hybridized carbons (Fsp3) is 0. The highest BCUT2D eigenvalue weighted by atomic mass is 15.1. The average Bonchev–Trinajstić information content (AvgIpc) is 3.72. The molecule has 0 aliphatic rings. The van der Waals surface area contributed by atoms with Crippen molar-refractivity contribution in [2.45, 2.75) is 0 Å². The van der Waals surface area contributed by atoms with E-state index in [2.05, 4.69) is 264 Å². The topological polar surface area (TPSA) is 8.17 Å². The molecule has 13 rings (SSSR count). The van der Waals surface area contributed by atoms with Crippen LogP contribution in [0.2, 0.25) is 0 Å². The van der Waals surface area contributed by atoms with Gasteiger partial charge in [-0.05, 0) is 131 Å². The van der Waals surface area contributed by atoms with E-state index in [9.17, 15) is 0 Å². The lowest BCUT2D eigenvalue weighted by Crippen LogP contribution is -2.10. The van der Waals surface area contributed by atoms with Gasteiger partial charge in [-0.3, -0.25) is 0 Å². The van der Waals surface area contributed by atoms with Crippen LogP contribution in [0.5, 0.6) is 0 Å². The van der Waals surface area contributed by atoms with Gasteiger partial charge >= 0.3 is 0 Å². The maximum absolute atomic E-state index is 2.44. The summed E-state index contributed by atoms with van der Waals surface area (Å²) in [5.74, 6) is 0. The van der Waals surface area contributed by atoms with Crippen LogP contribution in [-0.2, 0) is 0 Å². The van der Waals surface area contributed by atoms with Crippen LogP contribution in [0.1, 0.15) is 0 Å². The Kier molecular flexibility index (Phi) is 8.89. The molecule has 1 heterocycles. The van der Waals surface area contributed by atoms with Crippen LogP contribution >= 0.6 is 0 Å². The third-order valence-corrected chi connectivity index (χ3v) is 13.5. The quantitative estimate of drug-likeness (QED) is 0.145. The minimum atomic E-state index is 1.08. The molecule has 0 bridgehead atoms. The van der Waals surface area contributed by atoms with E-state index < -0.39 is 0 Å². The third-order valence-electron chi connectivity index (χ3n) is 13.5. The van der Waals surface area contributed by atoms with Crippen LogP contribution in [0.4, 0.5) is 17.1 Å². The highest BCUT2D eigenvalue weighted by Gasteiger charge is 2.22. The van der Waals surface area contributed by atoms with Crippen LogP contribution < -0.4 is 4.90 Å². The monoisotopic (exact) mass is 838 g/mol. The van der Waals surface area contributed by atoms with Crippen molar-refractivity contribution < 1.29 is 0 Å². The molecule has 0 unspecified atom stereocenters. The number of benzene rings is 12. The van der Waals surface area contributed by atoms with Gasteiger partial charge in [0.2, 0.25) is 0 Å². The van der Waals surface area contributed by atoms with E-state index in [1.165, 1.54) is 92.8 Å². The smallest absolute Gasteiger partial charge is 0.0561 e. The van der Waals surface area contributed by atoms with Crippen molar-refractivity contribution >= 4 is 82.0 Å². The minimum absolute atomic E-state index is 1.08. The Balaban J connectivity index is 1.08. The highest BCUT2D eigenvalue weighted by molar-refractivity contribution is 6.22. The molecular formula is C64H42N2. The van der Waals surface area contributed by atoms with E-state index in [1.807, 2.05) is 0 Å². The normalized spacial score (nSPS) is 11.6. The molecule has 0 aliphatic carbocycles. The SMILES string of the molecule is c1ccc(-c2c(-c3ccccc3)c3cc(N(c4ccc(-c5cccc6ccccc56)cc4)c4ccc5c6ccccc6n(-c6ccc7ccccc7c6)c5c4)ccc3c3ccccc23)cc1. The van der Waals surface area contributed by atoms with Crippen LogP contribution in [-0.4, -0.2) is 4.57 Å². The molecule has 0 fully saturated rings. The Morgan fingerprint density at radius 2 is 0.788 bits per heavy atom. The number of para-hydroxylation sites is 1. The second kappa shape index (κ2) is 15.5. The van der Waals surface area contributed by atoms with E-state index >= 15 is 0 Å². The van der Waals surface area contributed by atoms with Crippen molar-refractivity contribution in [3.63, 3.8) is 0 Å². The molecule has 12 aromatic carbocycles. The zero-order valence-corrected chi connectivity index (χ0v) is 36.1. The maximum Gasteiger partial charge on any atom is 0.0561 e. The lowest BCUT2D eigenvalue weighted by atomic mass is 9.85. The van der Waals surface area contributed by atoms with Gasteiger partial charge in [-0.2, -0.15) is 0 Å². The summed E-state index contributed by atoms with van der Waals surface area (Å²) in [4.78, 5) is 2.44. The first-order valence-electron chi connectivity index (χ1n) is 22.8. The van der Waals surface area contributed by atoms with Crippen molar-refractivity contribution in [1.82, 2.24) is 4.57 Å². The molecule has 13 aromatic rings. The van der Waals surface area contributed by atoms with E-state index in [-0.39, 0.29) is 0 Å². The molecule has 308 valence electrons. The summed E-state index contributed by atoms with van der Waals surface area (Å²) in [5, 5.41) is 12.3. The summed E-state index contributed by atoms with van der Waals surface area (Å²) in [5.41, 5.74) is 14.0. The molecule has 2 nitrogen and oxygen atoms in total. The van der Waals surface area contributed by atoms with Crippen molar-refractivity contribution in [1.29, 1.82) is 0 Å². The maximum atomic E-state index is 2.44. The van der Waals surface area contributed by atoms with E-state index in [0.717, 1.165) is 28.3 Å². The summed E-state index contributed by atoms with van der Waals surface area (Å²) in [6.45, 7) is 0. The van der Waals surface area contributed by atoms with E-state index in [4.69, 9.17) is 0 Å². The summed E-state index contributed by atoms with van der Waals surface area (Å²) in [6.07, 6.45) is 0. The van der Waals surface area contributed by atoms with Crippen LogP contribution in [0, 0.1) is 0 Å². The minimum Gasteiger partial charge on any atom is -0.310 e. The molecule has 0 aliphatic heterocycles. The number of hydrogen-bond acceptors (Lipinski definition) is 1. The number of hydrogen-bond donors (Lipinski definition) is 0. The predicted octanol–water partition coefficient (Wildman–Crippen LogP) is 17.9. The molecule has 0 atom stereocenters. The summed E-state index contributed by atoms with van der Waals surface area (Å²) >= 11 is 0. The van der Waals surface area contributed by atoms with Gasteiger partial charge in [-0.1, -0.05) is 200 Å². The van der Waals surface area contributed by atoms with Crippen LogP contribution in [0.15, 0.2) is 255 Å². The summed E-state index contributed by atoms with van der Waals surface area (Å²) < 4.78 is 2.44. The molecule has 0 radical (unpaired) electrons. The Labute approximate surface area is 383 Å². The second-order valence-corrected chi connectivity index (χ2v) is 17.3. The molecule has 0 amide bonds. The molecular weight excluding hydrogens is 797 g/mol. The summed E-state index contributed by atoms with van der Waals surface area (Å²) in [6, 6.07) is 93.5. The van der Waals surface area contributed by atoms with Gasteiger partial charge in [0.25, 0.3) is 0 Å². The largest absolute Gasteiger partial charge is 0.310 e. The Hall–Kier alpha value is -8.72. The average molecular weight is 839 g/mol. The van der Waals surface area contributed by atoms with Crippen LogP contribution in [0.25, 0.3) is 104 Å². The second-order valence-electron chi connectivity index (χ2n) is 17.3. The third kappa shape index (κ3) is 6.18. The first kappa shape index (κ1) is 37.8. The van der Waals surface area contributed by atoms with Gasteiger partial charge < -0.3 is 9.47 Å². The first-order chi connectivity index (χ1) is 32.7. The molecule has 2 heteroatoms. The van der Waals surface area contributed by atoms with Crippen molar-refractivity contribution in [3.05, 3.63) is 255 Å². The van der Waals surface area contributed by atoms with E-state index in [0.29, 0.717) is 0 Å². The molecule has 0 saturated carbocycles. The summed E-state index contributed by atoms with van der Waals surface area (Å²) in [7, 11) is 0. The fourth-order valence-electron chi connectivity index (χ4n) is 10.5. The molecule has 0 N–H and O–H groups in total. The Bertz CT molecular complexity index is 3970. The lowest BCUT2D eigenvalue weighted by Gasteiger charge is -2.27. The molecule has 66 heavy (non-hydrogen) atoms. The zero-order chi connectivity index (χ0) is 43.6. The first-order valence-corrected chi connectivity index (χ1v) is 22.8. The van der Waals surface area contributed by atoms with Crippen molar-refractivity contribution in [2.75, 3.05) is 4.90 Å². The number of anilines is 3. The predicted molar refractivity (Wildman–Crippen MR) is 282 cm³/mol. The molecule has 0 spiro atoms. The lowest BCUT2D eigenvalue weighted by molar-refractivity contribution is 1.18. The van der Waals surface area contributed by atoms with E-state index in [1.54, 1.807) is 0 Å². The van der Waals surface area contributed by atoms with Crippen molar-refractivity contribution in [2.24, 2.45) is 0 Å². The Morgan fingerprint density at radius 1 is 0.258 bits per heavy atom. The number of fused-ring (bicyclic) bond motifs is 8. The number of rotatable bonds is 7. The number of nitrogens with zero attached hydrogens (tertiary/aromatic N) is 2. The number of aromatic nitrogens is 1. The van der Waals surface area contributed by atoms with Gasteiger partial charge in [-0.15, -0.1) is 0 Å².